The summed E-state index contributed by atoms with van der Waals surface area (Å²) >= 11 is 3.20. The molecule has 0 saturated carbocycles. The van der Waals surface area contributed by atoms with Crippen molar-refractivity contribution in [2.75, 3.05) is 11.6 Å². The van der Waals surface area contributed by atoms with Crippen molar-refractivity contribution in [1.82, 2.24) is 20.2 Å². The van der Waals surface area contributed by atoms with Gasteiger partial charge in [-0.1, -0.05) is 18.2 Å². The molecule has 2 N–H and O–H groups in total. The molecule has 1 saturated heterocycles. The van der Waals surface area contributed by atoms with Crippen molar-refractivity contribution in [1.29, 1.82) is 0 Å². The van der Waals surface area contributed by atoms with E-state index in [4.69, 9.17) is 0 Å². The van der Waals surface area contributed by atoms with E-state index in [2.05, 4.69) is 15.3 Å². The Balaban J connectivity index is 1.52. The van der Waals surface area contributed by atoms with Gasteiger partial charge in [0, 0.05) is 27.7 Å². The second-order valence-electron chi connectivity index (χ2n) is 6.95. The number of hydrogen-bond donors (Lipinski definition) is 2. The molecule has 0 radical (unpaired) electrons. The number of rotatable bonds is 4. The maximum absolute atomic E-state index is 13.2. The average molecular weight is 415 g/mol. The van der Waals surface area contributed by atoms with Crippen LogP contribution in [-0.4, -0.2) is 44.4 Å². The molecule has 2 atom stereocenters. The first kappa shape index (κ1) is 19.0. The van der Waals surface area contributed by atoms with Gasteiger partial charge >= 0.3 is 0 Å². The highest BCUT2D eigenvalue weighted by Crippen LogP contribution is 2.28. The molecule has 3 aromatic rings. The van der Waals surface area contributed by atoms with Crippen molar-refractivity contribution < 1.29 is 9.59 Å². The van der Waals surface area contributed by atoms with E-state index in [9.17, 15) is 9.59 Å². The SMILES string of the molecule is Cc1nc(C)c([C@H](C)NC(=O)[C@H]2CSCN2C(=O)c2c[nH]c3ccccc23)s1. The average Bonchev–Trinajstić information content (AvgIpc) is 3.38. The zero-order valence-electron chi connectivity index (χ0n) is 16.0. The Bertz CT molecular complexity index is 1040. The molecule has 4 rings (SSSR count). The Hall–Kier alpha value is -2.32. The number of carbonyl (C=O) groups excluding carboxylic acids is 2. The Labute approximate surface area is 171 Å². The molecule has 146 valence electrons. The highest BCUT2D eigenvalue weighted by atomic mass is 32.2. The van der Waals surface area contributed by atoms with E-state index in [1.165, 1.54) is 0 Å². The lowest BCUT2D eigenvalue weighted by atomic mass is 10.1. The first-order valence-corrected chi connectivity index (χ1v) is 11.1. The van der Waals surface area contributed by atoms with Crippen LogP contribution in [0.3, 0.4) is 0 Å². The third-order valence-corrected chi connectivity index (χ3v) is 7.22. The summed E-state index contributed by atoms with van der Waals surface area (Å²) in [5.74, 6) is 0.896. The van der Waals surface area contributed by atoms with Gasteiger partial charge in [0.15, 0.2) is 0 Å². The minimum Gasteiger partial charge on any atom is -0.360 e. The second-order valence-corrected chi connectivity index (χ2v) is 9.19. The Morgan fingerprint density at radius 2 is 2.11 bits per heavy atom. The lowest BCUT2D eigenvalue weighted by Crippen LogP contribution is -2.47. The molecule has 8 heteroatoms. The maximum Gasteiger partial charge on any atom is 0.257 e. The second kappa shape index (κ2) is 7.60. The first-order chi connectivity index (χ1) is 13.5. The fourth-order valence-electron chi connectivity index (χ4n) is 3.59. The van der Waals surface area contributed by atoms with Crippen LogP contribution < -0.4 is 5.32 Å². The number of benzene rings is 1. The number of nitrogens with one attached hydrogen (secondary N) is 2. The van der Waals surface area contributed by atoms with Crippen molar-refractivity contribution >= 4 is 45.8 Å². The van der Waals surface area contributed by atoms with E-state index in [1.807, 2.05) is 45.0 Å². The van der Waals surface area contributed by atoms with E-state index in [1.54, 1.807) is 34.2 Å². The number of aryl methyl sites for hydroxylation is 2. The molecular formula is C20H22N4O2S2. The van der Waals surface area contributed by atoms with E-state index in [0.29, 0.717) is 17.2 Å². The van der Waals surface area contributed by atoms with Crippen molar-refractivity contribution in [2.24, 2.45) is 0 Å². The first-order valence-electron chi connectivity index (χ1n) is 9.15. The number of H-pyrrole nitrogens is 1. The monoisotopic (exact) mass is 414 g/mol. The molecule has 2 aromatic heterocycles. The minimum atomic E-state index is -0.470. The number of nitrogens with zero attached hydrogens (tertiary/aromatic N) is 2. The topological polar surface area (TPSA) is 78.1 Å². The van der Waals surface area contributed by atoms with Crippen LogP contribution in [0.5, 0.6) is 0 Å². The third kappa shape index (κ3) is 3.42. The van der Waals surface area contributed by atoms with Crippen molar-refractivity contribution in [3.8, 4) is 0 Å². The molecule has 3 heterocycles. The summed E-state index contributed by atoms with van der Waals surface area (Å²) in [7, 11) is 0. The normalized spacial score (nSPS) is 17.8. The summed E-state index contributed by atoms with van der Waals surface area (Å²) in [6.45, 7) is 5.89. The highest BCUT2D eigenvalue weighted by Gasteiger charge is 2.36. The van der Waals surface area contributed by atoms with Gasteiger partial charge in [0.05, 0.1) is 28.2 Å². The van der Waals surface area contributed by atoms with Crippen LogP contribution >= 0.6 is 23.1 Å². The van der Waals surface area contributed by atoms with Crippen molar-refractivity contribution in [3.63, 3.8) is 0 Å². The number of carbonyl (C=O) groups is 2. The Kier molecular flexibility index (Phi) is 5.16. The zero-order valence-corrected chi connectivity index (χ0v) is 17.6. The quantitative estimate of drug-likeness (QED) is 0.683. The molecule has 0 spiro atoms. The van der Waals surface area contributed by atoms with Crippen LogP contribution in [0.4, 0.5) is 0 Å². The van der Waals surface area contributed by atoms with E-state index in [0.717, 1.165) is 26.5 Å². The smallest absolute Gasteiger partial charge is 0.257 e. The molecule has 1 aromatic carbocycles. The fourth-order valence-corrected chi connectivity index (χ4v) is 5.67. The van der Waals surface area contributed by atoms with E-state index in [-0.39, 0.29) is 17.9 Å². The van der Waals surface area contributed by atoms with Crippen LogP contribution in [0.2, 0.25) is 0 Å². The van der Waals surface area contributed by atoms with Crippen LogP contribution in [-0.2, 0) is 4.79 Å². The van der Waals surface area contributed by atoms with Gasteiger partial charge in [-0.05, 0) is 26.8 Å². The molecule has 6 nitrogen and oxygen atoms in total. The van der Waals surface area contributed by atoms with Gasteiger partial charge in [0.1, 0.15) is 6.04 Å². The summed E-state index contributed by atoms with van der Waals surface area (Å²) in [4.78, 5) is 36.4. The minimum absolute atomic E-state index is 0.111. The summed E-state index contributed by atoms with van der Waals surface area (Å²) in [5, 5.41) is 4.95. The number of aromatic amines is 1. The van der Waals surface area contributed by atoms with Crippen molar-refractivity contribution in [3.05, 3.63) is 51.6 Å². The van der Waals surface area contributed by atoms with Gasteiger partial charge in [-0.25, -0.2) is 4.98 Å². The van der Waals surface area contributed by atoms with Gasteiger partial charge in [0.2, 0.25) is 5.91 Å². The lowest BCUT2D eigenvalue weighted by molar-refractivity contribution is -0.125. The van der Waals surface area contributed by atoms with E-state index >= 15 is 0 Å². The standard InChI is InChI=1S/C20H22N4O2S2/c1-11-18(28-13(3)22-11)12(2)23-19(25)17-9-27-10-24(17)20(26)15-8-21-16-7-5-4-6-14(15)16/h4-8,12,17,21H,9-10H2,1-3H3,(H,23,25)/t12-,17+/m0/s1. The van der Waals surface area contributed by atoms with Crippen LogP contribution in [0.25, 0.3) is 10.9 Å². The molecule has 0 aliphatic carbocycles. The summed E-state index contributed by atoms with van der Waals surface area (Å²) in [6.07, 6.45) is 1.73. The Morgan fingerprint density at radius 1 is 1.32 bits per heavy atom. The Morgan fingerprint density at radius 3 is 2.86 bits per heavy atom. The largest absolute Gasteiger partial charge is 0.360 e. The lowest BCUT2D eigenvalue weighted by Gasteiger charge is -2.24. The molecule has 2 amide bonds. The number of thioether (sulfide) groups is 1. The predicted molar refractivity (Wildman–Crippen MR) is 114 cm³/mol. The predicted octanol–water partition coefficient (Wildman–Crippen LogP) is 3.63. The molecule has 0 bridgehead atoms. The summed E-state index contributed by atoms with van der Waals surface area (Å²) < 4.78 is 0. The van der Waals surface area contributed by atoms with Gasteiger partial charge in [-0.3, -0.25) is 9.59 Å². The van der Waals surface area contributed by atoms with Crippen molar-refractivity contribution in [2.45, 2.75) is 32.9 Å². The molecule has 1 aliphatic heterocycles. The summed E-state index contributed by atoms with van der Waals surface area (Å²) in [5.41, 5.74) is 2.48. The number of fused-ring (bicyclic) bond motifs is 1. The van der Waals surface area contributed by atoms with Crippen LogP contribution in [0.15, 0.2) is 30.5 Å². The molecule has 0 unspecified atom stereocenters. The highest BCUT2D eigenvalue weighted by molar-refractivity contribution is 7.99. The van der Waals surface area contributed by atoms with Gasteiger partial charge in [-0.2, -0.15) is 0 Å². The number of para-hydroxylation sites is 1. The van der Waals surface area contributed by atoms with Gasteiger partial charge < -0.3 is 15.2 Å². The molecule has 1 aliphatic rings. The van der Waals surface area contributed by atoms with Gasteiger partial charge in [-0.15, -0.1) is 23.1 Å². The summed E-state index contributed by atoms with van der Waals surface area (Å²) in [6, 6.07) is 7.11. The zero-order chi connectivity index (χ0) is 19.8. The number of aromatic nitrogens is 2. The van der Waals surface area contributed by atoms with Gasteiger partial charge in [0.25, 0.3) is 5.91 Å². The number of thiazole rings is 1. The third-order valence-electron chi connectivity index (χ3n) is 4.96. The maximum atomic E-state index is 13.2. The fraction of sp³-hybridized carbons (Fsp3) is 0.350. The number of hydrogen-bond acceptors (Lipinski definition) is 5. The molecular weight excluding hydrogens is 392 g/mol. The molecule has 28 heavy (non-hydrogen) atoms. The number of amides is 2. The van der Waals surface area contributed by atoms with Crippen LogP contribution in [0, 0.1) is 13.8 Å². The molecule has 1 fully saturated rings. The van der Waals surface area contributed by atoms with Crippen LogP contribution in [0.1, 0.15) is 38.9 Å². The van der Waals surface area contributed by atoms with E-state index < -0.39 is 6.04 Å².